The third kappa shape index (κ3) is 17.6. The third-order valence-corrected chi connectivity index (χ3v) is 7.88. The summed E-state index contributed by atoms with van der Waals surface area (Å²) in [6, 6.07) is 17.1. The molecule has 13 heteroatoms. The monoisotopic (exact) mass is 730 g/mol. The number of rotatable bonds is 16. The van der Waals surface area contributed by atoms with E-state index in [1.165, 1.54) is 0 Å². The number of hydrogen-bond donors (Lipinski definition) is 1. The Labute approximate surface area is 273 Å². The molecular formula is C30H48IN6O5P. The van der Waals surface area contributed by atoms with Crippen LogP contribution in [0.2, 0.25) is 0 Å². The summed E-state index contributed by atoms with van der Waals surface area (Å²) in [6.45, 7) is 15.3. The van der Waals surface area contributed by atoms with Gasteiger partial charge in [-0.2, -0.15) is 18.7 Å². The van der Waals surface area contributed by atoms with Crippen LogP contribution >= 0.6 is 31.5 Å². The van der Waals surface area contributed by atoms with Crippen molar-refractivity contribution in [2.45, 2.75) is 79.5 Å². The summed E-state index contributed by atoms with van der Waals surface area (Å²) in [6.07, 6.45) is 1.07. The van der Waals surface area contributed by atoms with E-state index >= 15 is 0 Å². The van der Waals surface area contributed by atoms with Crippen molar-refractivity contribution in [3.05, 3.63) is 54.1 Å². The lowest BCUT2D eigenvalue weighted by molar-refractivity contribution is -0.170. The molecule has 0 radical (unpaired) electrons. The average Bonchev–Trinajstić information content (AvgIpc) is 2.97. The zero-order valence-corrected chi connectivity index (χ0v) is 29.9. The molecule has 2 rings (SSSR count). The van der Waals surface area contributed by atoms with Crippen LogP contribution in [0, 0.1) is 11.3 Å². The highest BCUT2D eigenvalue weighted by Gasteiger charge is 2.28. The lowest BCUT2D eigenvalue weighted by Gasteiger charge is -2.36. The van der Waals surface area contributed by atoms with Gasteiger partial charge in [-0.25, -0.2) is 9.56 Å². The van der Waals surface area contributed by atoms with E-state index in [2.05, 4.69) is 51.9 Å². The molecular weight excluding hydrogens is 682 g/mol. The predicted octanol–water partition coefficient (Wildman–Crippen LogP) is 8.65. The number of halogens is 1. The van der Waals surface area contributed by atoms with E-state index in [0.717, 1.165) is 11.4 Å². The summed E-state index contributed by atoms with van der Waals surface area (Å²) < 4.78 is 18.6. The Morgan fingerprint density at radius 1 is 0.953 bits per heavy atom. The number of azo groups is 1. The van der Waals surface area contributed by atoms with E-state index in [1.807, 2.05) is 64.0 Å². The van der Waals surface area contributed by atoms with Gasteiger partial charge in [-0.15, -0.1) is 0 Å². The molecule has 2 aromatic carbocycles. The Bertz CT molecular complexity index is 1070. The van der Waals surface area contributed by atoms with Crippen molar-refractivity contribution in [3.63, 3.8) is 0 Å². The highest BCUT2D eigenvalue weighted by atomic mass is 127. The van der Waals surface area contributed by atoms with E-state index in [-0.39, 0.29) is 6.10 Å². The van der Waals surface area contributed by atoms with Gasteiger partial charge in [0.2, 0.25) is 5.91 Å². The average molecular weight is 731 g/mol. The number of hydrogen-bond acceptors (Lipinski definition) is 10. The van der Waals surface area contributed by atoms with Gasteiger partial charge in [0.25, 0.3) is 8.53 Å². The fourth-order valence-corrected chi connectivity index (χ4v) is 5.27. The zero-order valence-electron chi connectivity index (χ0n) is 26.9. The van der Waals surface area contributed by atoms with E-state index in [0.29, 0.717) is 49.4 Å². The van der Waals surface area contributed by atoms with Crippen molar-refractivity contribution >= 4 is 54.5 Å². The Kier molecular flexibility index (Phi) is 22.9. The number of primary amides is 1. The highest BCUT2D eigenvalue weighted by Crippen LogP contribution is 2.47. The summed E-state index contributed by atoms with van der Waals surface area (Å²) in [7, 11) is 2.78. The molecule has 0 aromatic heterocycles. The summed E-state index contributed by atoms with van der Waals surface area (Å²) in [5.41, 5.74) is 8.18. The number of carbonyl (C=O) groups is 1. The Morgan fingerprint density at radius 3 is 1.88 bits per heavy atom. The molecule has 1 unspecified atom stereocenters. The van der Waals surface area contributed by atoms with Gasteiger partial charge in [0, 0.05) is 43.9 Å². The van der Waals surface area contributed by atoms with Gasteiger partial charge in [-0.05, 0) is 83.1 Å². The molecule has 2 aromatic rings. The van der Waals surface area contributed by atoms with Gasteiger partial charge in [0.1, 0.15) is 0 Å². The molecule has 0 saturated heterocycles. The molecule has 43 heavy (non-hydrogen) atoms. The first-order valence-electron chi connectivity index (χ1n) is 14.2. The van der Waals surface area contributed by atoms with Crippen LogP contribution in [0.5, 0.6) is 0 Å². The van der Waals surface area contributed by atoms with Crippen LogP contribution in [-0.4, -0.2) is 56.1 Å². The maximum absolute atomic E-state index is 10.9. The second kappa shape index (κ2) is 24.1. The van der Waals surface area contributed by atoms with Crippen LogP contribution in [0.1, 0.15) is 71.7 Å². The van der Waals surface area contributed by atoms with Crippen LogP contribution in [0.25, 0.3) is 0 Å². The number of nitriles is 1. The van der Waals surface area contributed by atoms with Crippen LogP contribution < -0.4 is 10.6 Å². The molecule has 0 aliphatic heterocycles. The molecule has 0 fully saturated rings. The van der Waals surface area contributed by atoms with Gasteiger partial charge in [0.15, 0.2) is 23.0 Å². The van der Waals surface area contributed by atoms with Crippen molar-refractivity contribution in [1.82, 2.24) is 4.67 Å². The summed E-state index contributed by atoms with van der Waals surface area (Å²) in [5.74, 6) is -0.451. The lowest BCUT2D eigenvalue weighted by atomic mass is 10.2. The maximum Gasteiger partial charge on any atom is 0.259 e. The van der Waals surface area contributed by atoms with Crippen LogP contribution in [0.4, 0.5) is 17.1 Å². The highest BCUT2D eigenvalue weighted by molar-refractivity contribution is 14.1. The van der Waals surface area contributed by atoms with Crippen LogP contribution in [0.3, 0.4) is 0 Å². The molecule has 0 aliphatic carbocycles. The van der Waals surface area contributed by atoms with Crippen molar-refractivity contribution in [1.29, 1.82) is 5.26 Å². The maximum atomic E-state index is 10.9. The largest absolute Gasteiger partial charge is 0.378 e. The second-order valence-corrected chi connectivity index (χ2v) is 11.4. The Balaban J connectivity index is 0.000000776. The topological polar surface area (TPSA) is 135 Å². The fraction of sp³-hybridized carbons (Fsp3) is 0.533. The van der Waals surface area contributed by atoms with Crippen molar-refractivity contribution in [3.8, 4) is 6.07 Å². The van der Waals surface area contributed by atoms with Crippen LogP contribution in [0.15, 0.2) is 58.8 Å². The van der Waals surface area contributed by atoms with E-state index in [9.17, 15) is 4.79 Å². The van der Waals surface area contributed by atoms with E-state index in [1.54, 1.807) is 47.3 Å². The first kappa shape index (κ1) is 40.8. The van der Waals surface area contributed by atoms with Gasteiger partial charge in [-0.3, -0.25) is 4.79 Å². The molecule has 240 valence electrons. The van der Waals surface area contributed by atoms with Gasteiger partial charge >= 0.3 is 0 Å². The van der Waals surface area contributed by atoms with E-state index < -0.39 is 14.4 Å². The SMILES string of the molecule is CC.CC(C)N(C(C)C)P(OCCC#N)O[C@@H](C)CCOOI.CN(C)c1ccc(N=Nc2ccc(C(N)=O)cc2)cc1. The summed E-state index contributed by atoms with van der Waals surface area (Å²) >= 11 is 1.69. The molecule has 0 heterocycles. The van der Waals surface area contributed by atoms with E-state index in [4.69, 9.17) is 24.9 Å². The van der Waals surface area contributed by atoms with Crippen LogP contribution in [-0.2, 0) is 17.2 Å². The standard InChI is InChI=1S/C15H16N4O.C13H26IN2O4P.C2H6/c1-19(2)14-9-7-13(8-10-14)18-17-12-5-3-11(4-6-12)15(16)20;1-11(2)16(12(3)4)21(18-9-6-8-15)19-13(5)7-10-17-20-14;1-2/h3-10H,1-2H3,(H2,16,20);11-13H,6-7,9-10H2,1-5H3;1-2H3/t;13-,21?;/m.0./s1. The molecule has 1 amide bonds. The zero-order chi connectivity index (χ0) is 32.8. The van der Waals surface area contributed by atoms with Gasteiger partial charge in [0.05, 0.1) is 43.2 Å². The normalized spacial score (nSPS) is 12.3. The molecule has 0 spiro atoms. The molecule has 2 atom stereocenters. The minimum absolute atomic E-state index is 0.00949. The minimum Gasteiger partial charge on any atom is -0.378 e. The number of anilines is 1. The summed E-state index contributed by atoms with van der Waals surface area (Å²) in [4.78, 5) is 17.8. The smallest absolute Gasteiger partial charge is 0.259 e. The molecule has 2 N–H and O–H groups in total. The van der Waals surface area contributed by atoms with Crippen molar-refractivity contribution in [2.24, 2.45) is 16.0 Å². The minimum atomic E-state index is -1.19. The molecule has 11 nitrogen and oxygen atoms in total. The third-order valence-electron chi connectivity index (χ3n) is 5.38. The lowest BCUT2D eigenvalue weighted by Crippen LogP contribution is -2.34. The van der Waals surface area contributed by atoms with Gasteiger partial charge < -0.3 is 19.7 Å². The second-order valence-electron chi connectivity index (χ2n) is 9.66. The first-order valence-corrected chi connectivity index (χ1v) is 16.2. The first-order chi connectivity index (χ1) is 20.5. The predicted molar refractivity (Wildman–Crippen MR) is 183 cm³/mol. The number of amides is 1. The molecule has 0 bridgehead atoms. The van der Waals surface area contributed by atoms with Crippen molar-refractivity contribution < 1.29 is 21.9 Å². The Hall–Kier alpha value is -2.24. The fourth-order valence-electron chi connectivity index (χ4n) is 3.37. The van der Waals surface area contributed by atoms with Gasteiger partial charge in [-0.1, -0.05) is 13.8 Å². The number of benzene rings is 2. The van der Waals surface area contributed by atoms with Crippen molar-refractivity contribution in [2.75, 3.05) is 32.2 Å². The Morgan fingerprint density at radius 2 is 1.47 bits per heavy atom. The number of carbonyl (C=O) groups excluding carboxylic acids is 1. The summed E-state index contributed by atoms with van der Waals surface area (Å²) in [5, 5.41) is 16.9. The number of nitrogens with zero attached hydrogens (tertiary/aromatic N) is 5. The molecule has 0 saturated carbocycles. The molecule has 0 aliphatic rings. The quantitative estimate of drug-likeness (QED) is 0.0453. The number of nitrogens with two attached hydrogens (primary N) is 1.